The number of hydrogen-bond donors (Lipinski definition) is 2. The number of ether oxygens (including phenoxy) is 1. The second kappa shape index (κ2) is 5.49. The summed E-state index contributed by atoms with van der Waals surface area (Å²) in [6, 6.07) is 1.68. The normalized spacial score (nSPS) is 18.3. The summed E-state index contributed by atoms with van der Waals surface area (Å²) < 4.78 is 32.8. The minimum atomic E-state index is -3.46. The first-order valence-corrected chi connectivity index (χ1v) is 8.57. The van der Waals surface area contributed by atoms with Gasteiger partial charge in [0.2, 0.25) is 10.0 Å². The molecule has 0 saturated heterocycles. The highest BCUT2D eigenvalue weighted by molar-refractivity contribution is 7.91. The van der Waals surface area contributed by atoms with E-state index in [4.69, 9.17) is 10.5 Å². The van der Waals surface area contributed by atoms with Crippen LogP contribution in [0.25, 0.3) is 0 Å². The summed E-state index contributed by atoms with van der Waals surface area (Å²) in [5.41, 5.74) is 6.20. The van der Waals surface area contributed by atoms with Gasteiger partial charge in [0.25, 0.3) is 0 Å². The van der Waals surface area contributed by atoms with Crippen LogP contribution in [0.4, 0.5) is 0 Å². The third kappa shape index (κ3) is 3.00. The molecule has 3 N–H and O–H groups in total. The van der Waals surface area contributed by atoms with Gasteiger partial charge in [0.1, 0.15) is 4.21 Å². The zero-order valence-electron chi connectivity index (χ0n) is 11.2. The van der Waals surface area contributed by atoms with Crippen LogP contribution in [-0.2, 0) is 21.3 Å². The minimum absolute atomic E-state index is 0.309. The Morgan fingerprint density at radius 2 is 2.21 bits per heavy atom. The van der Waals surface area contributed by atoms with Gasteiger partial charge in [-0.25, -0.2) is 13.1 Å². The first-order valence-electron chi connectivity index (χ1n) is 6.27. The van der Waals surface area contributed by atoms with Crippen LogP contribution in [0.5, 0.6) is 0 Å². The molecule has 0 atom stereocenters. The smallest absolute Gasteiger partial charge is 0.250 e. The van der Waals surface area contributed by atoms with Gasteiger partial charge in [-0.3, -0.25) is 0 Å². The maximum absolute atomic E-state index is 12.2. The standard InChI is InChI=1S/C12H20N2O3S2/c1-9-6-11(18-10(9)7-13)19(15,16)14-8-12(17-2)4-3-5-12/h6,14H,3-5,7-8,13H2,1-2H3. The number of nitrogens with two attached hydrogens (primary N) is 1. The summed E-state index contributed by atoms with van der Waals surface area (Å²) >= 11 is 1.23. The summed E-state index contributed by atoms with van der Waals surface area (Å²) in [5, 5.41) is 0. The van der Waals surface area contributed by atoms with Gasteiger partial charge >= 0.3 is 0 Å². The van der Waals surface area contributed by atoms with Crippen LogP contribution in [0.15, 0.2) is 10.3 Å². The lowest BCUT2D eigenvalue weighted by atomic mass is 9.80. The van der Waals surface area contributed by atoms with Crippen LogP contribution in [0, 0.1) is 6.92 Å². The van der Waals surface area contributed by atoms with Gasteiger partial charge in [0, 0.05) is 25.1 Å². The molecule has 1 aromatic heterocycles. The van der Waals surface area contributed by atoms with Gasteiger partial charge < -0.3 is 10.5 Å². The van der Waals surface area contributed by atoms with Gasteiger partial charge in [-0.1, -0.05) is 0 Å². The van der Waals surface area contributed by atoms with Crippen molar-refractivity contribution < 1.29 is 13.2 Å². The van der Waals surface area contributed by atoms with Crippen molar-refractivity contribution in [2.45, 2.75) is 42.5 Å². The van der Waals surface area contributed by atoms with Crippen molar-refractivity contribution in [1.29, 1.82) is 0 Å². The first-order chi connectivity index (χ1) is 8.92. The molecule has 0 spiro atoms. The van der Waals surface area contributed by atoms with Crippen molar-refractivity contribution in [3.05, 3.63) is 16.5 Å². The molecule has 0 radical (unpaired) electrons. The first kappa shape index (κ1) is 14.9. The molecule has 1 aliphatic rings. The Morgan fingerprint density at radius 3 is 2.63 bits per heavy atom. The van der Waals surface area contributed by atoms with Gasteiger partial charge in [0.05, 0.1) is 5.60 Å². The molecule has 0 amide bonds. The van der Waals surface area contributed by atoms with Crippen molar-refractivity contribution in [3.8, 4) is 0 Å². The van der Waals surface area contributed by atoms with E-state index in [2.05, 4.69) is 4.72 Å². The zero-order chi connectivity index (χ0) is 14.1. The minimum Gasteiger partial charge on any atom is -0.377 e. The third-order valence-corrected chi connectivity index (χ3v) is 6.86. The van der Waals surface area contributed by atoms with Crippen molar-refractivity contribution in [2.75, 3.05) is 13.7 Å². The molecule has 1 heterocycles. The molecule has 1 aromatic rings. The molecule has 5 nitrogen and oxygen atoms in total. The molecule has 0 bridgehead atoms. The van der Waals surface area contributed by atoms with Crippen molar-refractivity contribution in [2.24, 2.45) is 5.73 Å². The largest absolute Gasteiger partial charge is 0.377 e. The molecule has 1 fully saturated rings. The van der Waals surface area contributed by atoms with Crippen LogP contribution in [0.2, 0.25) is 0 Å². The van der Waals surface area contributed by atoms with E-state index in [-0.39, 0.29) is 5.60 Å². The Labute approximate surface area is 118 Å². The van der Waals surface area contributed by atoms with E-state index in [0.717, 1.165) is 29.7 Å². The van der Waals surface area contributed by atoms with Crippen molar-refractivity contribution >= 4 is 21.4 Å². The maximum Gasteiger partial charge on any atom is 0.250 e. The molecule has 2 rings (SSSR count). The van der Waals surface area contributed by atoms with Crippen molar-refractivity contribution in [3.63, 3.8) is 0 Å². The molecule has 0 unspecified atom stereocenters. The summed E-state index contributed by atoms with van der Waals surface area (Å²) in [6.07, 6.45) is 2.90. The molecule has 0 aliphatic heterocycles. The zero-order valence-corrected chi connectivity index (χ0v) is 12.9. The van der Waals surface area contributed by atoms with Crippen LogP contribution < -0.4 is 10.5 Å². The number of methoxy groups -OCH3 is 1. The van der Waals surface area contributed by atoms with E-state index in [0.29, 0.717) is 17.3 Å². The second-order valence-corrected chi connectivity index (χ2v) is 8.07. The molecule has 108 valence electrons. The van der Waals surface area contributed by atoms with E-state index >= 15 is 0 Å². The molecule has 19 heavy (non-hydrogen) atoms. The van der Waals surface area contributed by atoms with Crippen LogP contribution in [-0.4, -0.2) is 27.7 Å². The lowest BCUT2D eigenvalue weighted by Crippen LogP contribution is -2.49. The second-order valence-electron chi connectivity index (χ2n) is 4.94. The lowest BCUT2D eigenvalue weighted by molar-refractivity contribution is -0.0659. The van der Waals surface area contributed by atoms with Crippen LogP contribution >= 0.6 is 11.3 Å². The molecule has 0 aromatic carbocycles. The van der Waals surface area contributed by atoms with E-state index in [1.165, 1.54) is 11.3 Å². The highest BCUT2D eigenvalue weighted by Crippen LogP contribution is 2.35. The SMILES string of the molecule is COC1(CNS(=O)(=O)c2cc(C)c(CN)s2)CCC1. The monoisotopic (exact) mass is 304 g/mol. The van der Waals surface area contributed by atoms with E-state index in [9.17, 15) is 8.42 Å². The predicted octanol–water partition coefficient (Wildman–Crippen LogP) is 1.36. The van der Waals surface area contributed by atoms with Gasteiger partial charge in [-0.2, -0.15) is 0 Å². The van der Waals surface area contributed by atoms with Crippen LogP contribution in [0.3, 0.4) is 0 Å². The Hall–Kier alpha value is -0.470. The number of rotatable bonds is 6. The number of nitrogens with one attached hydrogen (secondary N) is 1. The Bertz CT molecular complexity index is 542. The summed E-state index contributed by atoms with van der Waals surface area (Å²) in [7, 11) is -1.82. The quantitative estimate of drug-likeness (QED) is 0.831. The van der Waals surface area contributed by atoms with Gasteiger partial charge in [0.15, 0.2) is 0 Å². The van der Waals surface area contributed by atoms with E-state index in [1.54, 1.807) is 13.2 Å². The number of sulfonamides is 1. The van der Waals surface area contributed by atoms with Gasteiger partial charge in [-0.15, -0.1) is 11.3 Å². The summed E-state index contributed by atoms with van der Waals surface area (Å²) in [5.74, 6) is 0. The fourth-order valence-corrected chi connectivity index (χ4v) is 4.77. The summed E-state index contributed by atoms with van der Waals surface area (Å²) in [4.78, 5) is 0.908. The van der Waals surface area contributed by atoms with E-state index < -0.39 is 10.0 Å². The number of hydrogen-bond acceptors (Lipinski definition) is 5. The maximum atomic E-state index is 12.2. The fourth-order valence-electron chi connectivity index (χ4n) is 2.15. The third-order valence-electron chi connectivity index (χ3n) is 3.73. The lowest BCUT2D eigenvalue weighted by Gasteiger charge is -2.40. The van der Waals surface area contributed by atoms with E-state index in [1.807, 2.05) is 6.92 Å². The van der Waals surface area contributed by atoms with Crippen LogP contribution in [0.1, 0.15) is 29.7 Å². The average Bonchev–Trinajstić information content (AvgIpc) is 2.70. The Balaban J connectivity index is 2.09. The molecule has 1 aliphatic carbocycles. The molecular weight excluding hydrogens is 284 g/mol. The highest BCUT2D eigenvalue weighted by atomic mass is 32.2. The predicted molar refractivity (Wildman–Crippen MR) is 75.7 cm³/mol. The molecular formula is C12H20N2O3S2. The van der Waals surface area contributed by atoms with Gasteiger partial charge in [-0.05, 0) is 37.8 Å². The topological polar surface area (TPSA) is 81.4 Å². The highest BCUT2D eigenvalue weighted by Gasteiger charge is 2.38. The number of thiophene rings is 1. The molecule has 7 heteroatoms. The molecule has 1 saturated carbocycles. The Kier molecular flexibility index (Phi) is 4.32. The van der Waals surface area contributed by atoms with Crippen molar-refractivity contribution in [1.82, 2.24) is 4.72 Å². The fraction of sp³-hybridized carbons (Fsp3) is 0.667. The Morgan fingerprint density at radius 1 is 1.53 bits per heavy atom. The number of aryl methyl sites for hydroxylation is 1. The average molecular weight is 304 g/mol. The summed E-state index contributed by atoms with van der Waals surface area (Å²) in [6.45, 7) is 2.58.